The molecule has 1 fully saturated rings. The molecule has 0 amide bonds. The summed E-state index contributed by atoms with van der Waals surface area (Å²) in [6, 6.07) is 24.1. The molecule has 4 nitrogen and oxygen atoms in total. The molecule has 0 atom stereocenters. The van der Waals surface area contributed by atoms with Gasteiger partial charge in [-0.1, -0.05) is 116 Å². The zero-order valence-corrected chi connectivity index (χ0v) is 34.7. The molecule has 0 aliphatic heterocycles. The van der Waals surface area contributed by atoms with Crippen molar-refractivity contribution in [3.8, 4) is 22.5 Å². The number of benzene rings is 2. The van der Waals surface area contributed by atoms with Gasteiger partial charge < -0.3 is 14.4 Å². The number of fused-ring (bicyclic) bond motifs is 3. The Kier molecular flexibility index (Phi) is 8.10. The van der Waals surface area contributed by atoms with Crippen LogP contribution in [0.15, 0.2) is 77.5 Å². The molecule has 7 rings (SSSR count). The van der Waals surface area contributed by atoms with Crippen LogP contribution in [0.5, 0.6) is 0 Å². The van der Waals surface area contributed by atoms with Crippen LogP contribution in [0.1, 0.15) is 130 Å². The molecule has 1 aliphatic carbocycles. The van der Waals surface area contributed by atoms with Crippen LogP contribution in [-0.4, -0.2) is 23.0 Å². The van der Waals surface area contributed by atoms with Gasteiger partial charge in [-0.2, -0.15) is 0 Å². The molecule has 6 heteroatoms. The van der Waals surface area contributed by atoms with Crippen LogP contribution in [0.3, 0.4) is 0 Å². The van der Waals surface area contributed by atoms with Gasteiger partial charge in [0.2, 0.25) is 5.71 Å². The topological polar surface area (TPSA) is 51.8 Å². The summed E-state index contributed by atoms with van der Waals surface area (Å²) >= 11 is 0. The van der Waals surface area contributed by atoms with Crippen molar-refractivity contribution in [1.29, 1.82) is 0 Å². The van der Waals surface area contributed by atoms with Gasteiger partial charge in [0.05, 0.1) is 13.7 Å². The molecule has 6 aromatic rings. The first-order chi connectivity index (χ1) is 28.4. The van der Waals surface area contributed by atoms with E-state index in [4.69, 9.17) is 24.5 Å². The maximum atomic E-state index is 8.78. The molecule has 0 spiro atoms. The Morgan fingerprint density at radius 3 is 2.29 bits per heavy atom. The monoisotopic (exact) mass is 897 g/mol. The van der Waals surface area contributed by atoms with Crippen LogP contribution in [0.2, 0.25) is 19.6 Å². The van der Waals surface area contributed by atoms with E-state index in [1.807, 2.05) is 65.1 Å². The molecule has 0 N–H and O–H groups in total. The Morgan fingerprint density at radius 1 is 0.885 bits per heavy atom. The van der Waals surface area contributed by atoms with Gasteiger partial charge in [-0.15, -0.1) is 53.6 Å². The molecule has 4 heterocycles. The van der Waals surface area contributed by atoms with Crippen molar-refractivity contribution in [1.82, 2.24) is 15.0 Å². The van der Waals surface area contributed by atoms with Crippen LogP contribution in [0.25, 0.3) is 44.6 Å². The zero-order chi connectivity index (χ0) is 46.1. The third kappa shape index (κ3) is 8.67. The summed E-state index contributed by atoms with van der Waals surface area (Å²) < 4.78 is 95.4. The van der Waals surface area contributed by atoms with Crippen molar-refractivity contribution in [2.75, 3.05) is 0 Å². The van der Waals surface area contributed by atoms with Crippen LogP contribution in [0, 0.1) is 12.1 Å². The van der Waals surface area contributed by atoms with Gasteiger partial charge in [0.25, 0.3) is 0 Å². The molecule has 0 unspecified atom stereocenters. The average Bonchev–Trinajstić information content (AvgIpc) is 3.76. The first-order valence-electron chi connectivity index (χ1n) is 23.2. The molecule has 1 aliphatic rings. The largest absolute Gasteiger partial charge is 0.486 e. The quantitative estimate of drug-likeness (QED) is 0.128. The standard InChI is InChI=1S/C24H25N2O.C22H30NSi.Ir/c1-23(2,3)15-12-13-25-19(14-15)18-9-7-8-16-17-10-11-20(24(4,5)6)26-22(17)27-21(16)18;1-16(2)20-14-21(23-15-22(20)24(3,4)5)19-12-8-11-18(13-19)17-9-6-7-10-17;/h7-8,10-14H,1-6H3;8,11,13-17H,6-7,9-10H2,1-5H3;/q2*-1;/i1D3,2D3,3D3;16D,17D;. The van der Waals surface area contributed by atoms with Crippen molar-refractivity contribution < 1.29 is 39.6 Å². The molecule has 0 saturated heterocycles. The van der Waals surface area contributed by atoms with E-state index in [9.17, 15) is 0 Å². The molecule has 1 saturated carbocycles. The SMILES string of the molecule is [2H]C(C)(C)c1cc(-c2[c-]ccc(C3([2H])CCCC3)c2)ncc1[Si](C)(C)C.[2H]C([2H])([2H])C(c1ccnc(-c2[c-]ccc3c2oc2nc(C(C)(C)C)ccc23)c1)(C([2H])([2H])[2H])C([2H])([2H])[2H].[Ir]. The second kappa shape index (κ2) is 15.5. The van der Waals surface area contributed by atoms with Crippen LogP contribution >= 0.6 is 0 Å². The van der Waals surface area contributed by atoms with Crippen LogP contribution < -0.4 is 5.19 Å². The molecule has 2 aromatic carbocycles. The third-order valence-corrected chi connectivity index (χ3v) is 11.5. The van der Waals surface area contributed by atoms with Crippen molar-refractivity contribution >= 4 is 35.3 Å². The second-order valence-electron chi connectivity index (χ2n) is 15.8. The fourth-order valence-corrected chi connectivity index (χ4v) is 8.15. The normalized spacial score (nSPS) is 18.7. The molecule has 0 bridgehead atoms. The smallest absolute Gasteiger partial charge is 0.216 e. The van der Waals surface area contributed by atoms with Gasteiger partial charge in [0.1, 0.15) is 0 Å². The molecule has 4 aromatic heterocycles. The van der Waals surface area contributed by atoms with E-state index in [1.54, 1.807) is 12.1 Å². The number of aromatic nitrogens is 3. The predicted molar refractivity (Wildman–Crippen MR) is 218 cm³/mol. The van der Waals surface area contributed by atoms with Crippen molar-refractivity contribution in [2.45, 2.75) is 123 Å². The van der Waals surface area contributed by atoms with Gasteiger partial charge in [-0.05, 0) is 70.4 Å². The van der Waals surface area contributed by atoms with Crippen molar-refractivity contribution in [2.24, 2.45) is 0 Å². The maximum Gasteiger partial charge on any atom is 0.216 e. The maximum absolute atomic E-state index is 8.78. The number of furan rings is 1. The molecule has 275 valence electrons. The second-order valence-corrected chi connectivity index (χ2v) is 20.9. The zero-order valence-electron chi connectivity index (χ0n) is 42.3. The van der Waals surface area contributed by atoms with E-state index < -0.39 is 45.8 Å². The third-order valence-electron chi connectivity index (χ3n) is 9.46. The van der Waals surface area contributed by atoms with Gasteiger partial charge in [-0.3, -0.25) is 0 Å². The summed E-state index contributed by atoms with van der Waals surface area (Å²) in [7, 11) is -1.58. The van der Waals surface area contributed by atoms with E-state index in [2.05, 4.69) is 53.9 Å². The number of pyridine rings is 3. The van der Waals surface area contributed by atoms with Crippen LogP contribution in [-0.2, 0) is 30.9 Å². The Hall–Kier alpha value is -3.44. The van der Waals surface area contributed by atoms with Crippen LogP contribution in [0.4, 0.5) is 0 Å². The van der Waals surface area contributed by atoms with Crippen molar-refractivity contribution in [3.63, 3.8) is 0 Å². The van der Waals surface area contributed by atoms with E-state index in [-0.39, 0.29) is 36.8 Å². The van der Waals surface area contributed by atoms with Gasteiger partial charge in [0, 0.05) is 64.1 Å². The molecular formula is C46H55IrN3OSi-2. The summed E-state index contributed by atoms with van der Waals surface area (Å²) in [5.74, 6) is -1.12. The summed E-state index contributed by atoms with van der Waals surface area (Å²) in [4.78, 5) is 13.7. The molecule has 1 radical (unpaired) electrons. The van der Waals surface area contributed by atoms with E-state index in [0.29, 0.717) is 22.2 Å². The Labute approximate surface area is 342 Å². The average molecular weight is 897 g/mol. The van der Waals surface area contributed by atoms with Gasteiger partial charge in [0.15, 0.2) is 0 Å². The summed E-state index contributed by atoms with van der Waals surface area (Å²) in [6.45, 7) is 6.79. The fourth-order valence-electron chi connectivity index (χ4n) is 6.57. The number of nitrogens with zero attached hydrogens (tertiary/aromatic N) is 3. The Morgan fingerprint density at radius 2 is 1.62 bits per heavy atom. The fraction of sp³-hybridized carbons (Fsp3) is 0.413. The Bertz CT molecular complexity index is 2560. The number of hydrogen-bond acceptors (Lipinski definition) is 4. The molecule has 52 heavy (non-hydrogen) atoms. The summed E-state index contributed by atoms with van der Waals surface area (Å²) in [5, 5.41) is 2.73. The number of rotatable bonds is 5. The van der Waals surface area contributed by atoms with Crippen molar-refractivity contribution in [3.05, 3.63) is 108 Å². The predicted octanol–water partition coefficient (Wildman–Crippen LogP) is 12.3. The summed E-state index contributed by atoms with van der Waals surface area (Å²) in [6.07, 6.45) is 7.33. The first kappa shape index (κ1) is 27.2. The van der Waals surface area contributed by atoms with E-state index >= 15 is 0 Å². The minimum absolute atomic E-state index is 0. The van der Waals surface area contributed by atoms with Gasteiger partial charge in [-0.25, -0.2) is 4.98 Å². The minimum Gasteiger partial charge on any atom is -0.486 e. The molecular weight excluding hydrogens is 831 g/mol. The van der Waals surface area contributed by atoms with Gasteiger partial charge >= 0.3 is 0 Å². The summed E-state index contributed by atoms with van der Waals surface area (Å²) in [5.41, 5.74) is 2.30. The van der Waals surface area contributed by atoms with E-state index in [1.165, 1.54) is 17.4 Å². The van der Waals surface area contributed by atoms with E-state index in [0.717, 1.165) is 65.2 Å². The first-order valence-corrected chi connectivity index (χ1v) is 21.2. The number of hydrogen-bond donors (Lipinski definition) is 0. The Balaban J connectivity index is 0.000000246. The minimum atomic E-state index is -3.37.